The van der Waals surface area contributed by atoms with Gasteiger partial charge in [-0.15, -0.1) is 0 Å². The number of nitrogens with zero attached hydrogens (tertiary/aromatic N) is 2. The molecule has 198 valence electrons. The van der Waals surface area contributed by atoms with Gasteiger partial charge in [-0.1, -0.05) is 66.2 Å². The summed E-state index contributed by atoms with van der Waals surface area (Å²) >= 11 is 6.06. The van der Waals surface area contributed by atoms with E-state index in [9.17, 15) is 9.90 Å². The van der Waals surface area contributed by atoms with Gasteiger partial charge in [0.15, 0.2) is 0 Å². The number of aliphatic hydroxyl groups excluding tert-OH is 1. The Bertz CT molecular complexity index is 1360. The number of halogens is 1. The van der Waals surface area contributed by atoms with Crippen LogP contribution in [0.25, 0.3) is 10.9 Å². The first-order chi connectivity index (χ1) is 18.5. The van der Waals surface area contributed by atoms with Crippen molar-refractivity contribution in [2.75, 3.05) is 32.7 Å². The number of aromatic nitrogens is 1. The maximum atomic E-state index is 13.5. The number of aliphatic hydroxyl groups is 1. The molecule has 2 heterocycles. The van der Waals surface area contributed by atoms with E-state index >= 15 is 0 Å². The average Bonchev–Trinajstić information content (AvgIpc) is 3.35. The fourth-order valence-corrected chi connectivity index (χ4v) is 5.43. The molecule has 1 aliphatic rings. The van der Waals surface area contributed by atoms with Crippen LogP contribution < -0.4 is 5.32 Å². The van der Waals surface area contributed by atoms with E-state index in [1.54, 1.807) is 12.1 Å². The minimum absolute atomic E-state index is 0.0826. The van der Waals surface area contributed by atoms with Gasteiger partial charge < -0.3 is 20.3 Å². The predicted octanol–water partition coefficient (Wildman–Crippen LogP) is 5.03. The van der Waals surface area contributed by atoms with Crippen molar-refractivity contribution in [3.63, 3.8) is 0 Å². The average molecular weight is 531 g/mol. The van der Waals surface area contributed by atoms with Gasteiger partial charge >= 0.3 is 0 Å². The number of para-hydroxylation sites is 1. The van der Waals surface area contributed by atoms with Gasteiger partial charge in [-0.05, 0) is 48.2 Å². The Morgan fingerprint density at radius 2 is 1.79 bits per heavy atom. The number of benzene rings is 3. The zero-order valence-corrected chi connectivity index (χ0v) is 22.5. The molecule has 0 saturated carbocycles. The van der Waals surface area contributed by atoms with E-state index in [0.717, 1.165) is 66.7 Å². The van der Waals surface area contributed by atoms with Crippen molar-refractivity contribution in [3.8, 4) is 0 Å². The second-order valence-electron chi connectivity index (χ2n) is 10.2. The Kier molecular flexibility index (Phi) is 8.45. The molecule has 1 fully saturated rings. The molecule has 0 spiro atoms. The van der Waals surface area contributed by atoms with E-state index in [1.165, 1.54) is 5.56 Å². The van der Waals surface area contributed by atoms with Crippen molar-refractivity contribution >= 4 is 28.4 Å². The summed E-state index contributed by atoms with van der Waals surface area (Å²) < 4.78 is 0. The quantitative estimate of drug-likeness (QED) is 0.284. The van der Waals surface area contributed by atoms with Gasteiger partial charge in [0.25, 0.3) is 5.91 Å². The number of hydrogen-bond acceptors (Lipinski definition) is 4. The lowest BCUT2D eigenvalue weighted by molar-refractivity contribution is 0.0630. The maximum Gasteiger partial charge on any atom is 0.256 e. The number of fused-ring (bicyclic) bond motifs is 1. The molecule has 1 aromatic heterocycles. The summed E-state index contributed by atoms with van der Waals surface area (Å²) in [6.07, 6.45) is 2.15. The topological polar surface area (TPSA) is 71.6 Å². The molecule has 7 heteroatoms. The van der Waals surface area contributed by atoms with Gasteiger partial charge in [0.05, 0.1) is 17.2 Å². The van der Waals surface area contributed by atoms with Crippen LogP contribution in [-0.4, -0.2) is 64.6 Å². The smallest absolute Gasteiger partial charge is 0.256 e. The predicted molar refractivity (Wildman–Crippen MR) is 154 cm³/mol. The molecule has 2 atom stereocenters. The van der Waals surface area contributed by atoms with E-state index in [4.69, 9.17) is 11.6 Å². The highest BCUT2D eigenvalue weighted by Crippen LogP contribution is 2.25. The first-order valence-corrected chi connectivity index (χ1v) is 13.7. The summed E-state index contributed by atoms with van der Waals surface area (Å²) in [7, 11) is 0. The summed E-state index contributed by atoms with van der Waals surface area (Å²) in [4.78, 5) is 21.2. The number of H-pyrrole nitrogens is 1. The highest BCUT2D eigenvalue weighted by molar-refractivity contribution is 6.30. The molecule has 0 aliphatic carbocycles. The minimum Gasteiger partial charge on any atom is -0.387 e. The fourth-order valence-electron chi connectivity index (χ4n) is 5.23. The first-order valence-electron chi connectivity index (χ1n) is 13.3. The molecule has 38 heavy (non-hydrogen) atoms. The molecule has 4 aromatic rings. The highest BCUT2D eigenvalue weighted by Gasteiger charge is 2.24. The Labute approximate surface area is 229 Å². The highest BCUT2D eigenvalue weighted by atomic mass is 35.5. The molecular formula is C31H35ClN4O2. The van der Waals surface area contributed by atoms with Crippen LogP contribution in [0.15, 0.2) is 79.0 Å². The SMILES string of the molecule is C[C@H](Cc1c[nH]c2c(C(=O)N3CCN(Cc4ccccc4)CC3)cccc12)NC[C@H](O)c1cccc(Cl)c1. The van der Waals surface area contributed by atoms with Gasteiger partial charge in [0, 0.05) is 61.9 Å². The number of piperazine rings is 1. The molecule has 0 radical (unpaired) electrons. The Balaban J connectivity index is 1.19. The third-order valence-corrected chi connectivity index (χ3v) is 7.59. The second-order valence-corrected chi connectivity index (χ2v) is 10.6. The van der Waals surface area contributed by atoms with E-state index in [-0.39, 0.29) is 11.9 Å². The van der Waals surface area contributed by atoms with E-state index < -0.39 is 6.10 Å². The third-order valence-electron chi connectivity index (χ3n) is 7.36. The lowest BCUT2D eigenvalue weighted by Crippen LogP contribution is -2.48. The van der Waals surface area contributed by atoms with Gasteiger partial charge in [-0.3, -0.25) is 9.69 Å². The van der Waals surface area contributed by atoms with Crippen LogP contribution in [0.2, 0.25) is 5.02 Å². The third kappa shape index (κ3) is 6.27. The Morgan fingerprint density at radius 1 is 1.03 bits per heavy atom. The monoisotopic (exact) mass is 530 g/mol. The second kappa shape index (κ2) is 12.1. The molecule has 1 aliphatic heterocycles. The van der Waals surface area contributed by atoms with Crippen LogP contribution in [-0.2, 0) is 13.0 Å². The number of carbonyl (C=O) groups excluding carboxylic acids is 1. The molecular weight excluding hydrogens is 496 g/mol. The molecule has 6 nitrogen and oxygen atoms in total. The molecule has 5 rings (SSSR count). The van der Waals surface area contributed by atoms with Gasteiger partial charge in [-0.25, -0.2) is 0 Å². The largest absolute Gasteiger partial charge is 0.387 e. The maximum absolute atomic E-state index is 13.5. The lowest BCUT2D eigenvalue weighted by Gasteiger charge is -2.34. The van der Waals surface area contributed by atoms with Crippen LogP contribution >= 0.6 is 11.6 Å². The number of hydrogen-bond donors (Lipinski definition) is 3. The van der Waals surface area contributed by atoms with Crippen LogP contribution in [0.1, 0.15) is 40.1 Å². The summed E-state index contributed by atoms with van der Waals surface area (Å²) in [5.74, 6) is 0.0826. The van der Waals surface area contributed by atoms with E-state index in [0.29, 0.717) is 11.6 Å². The van der Waals surface area contributed by atoms with Gasteiger partial charge in [0.2, 0.25) is 0 Å². The van der Waals surface area contributed by atoms with Crippen LogP contribution in [0.4, 0.5) is 0 Å². The summed E-state index contributed by atoms with van der Waals surface area (Å²) in [5.41, 5.74) is 4.87. The van der Waals surface area contributed by atoms with Crippen molar-refractivity contribution in [2.45, 2.75) is 32.0 Å². The van der Waals surface area contributed by atoms with E-state index in [2.05, 4.69) is 52.5 Å². The van der Waals surface area contributed by atoms with Crippen molar-refractivity contribution in [2.24, 2.45) is 0 Å². The van der Waals surface area contributed by atoms with Crippen molar-refractivity contribution in [1.82, 2.24) is 20.1 Å². The molecule has 3 N–H and O–H groups in total. The zero-order valence-electron chi connectivity index (χ0n) is 21.7. The molecule has 1 saturated heterocycles. The number of carbonyl (C=O) groups is 1. The van der Waals surface area contributed by atoms with Crippen molar-refractivity contribution < 1.29 is 9.90 Å². The van der Waals surface area contributed by atoms with Crippen LogP contribution in [0.5, 0.6) is 0 Å². The molecule has 0 unspecified atom stereocenters. The fraction of sp³-hybridized carbons (Fsp3) is 0.323. The molecule has 1 amide bonds. The number of amides is 1. The van der Waals surface area contributed by atoms with Crippen LogP contribution in [0, 0.1) is 0 Å². The zero-order chi connectivity index (χ0) is 26.5. The molecule has 0 bridgehead atoms. The summed E-state index contributed by atoms with van der Waals surface area (Å²) in [5, 5.41) is 15.6. The van der Waals surface area contributed by atoms with Crippen molar-refractivity contribution in [1.29, 1.82) is 0 Å². The number of nitrogens with one attached hydrogen (secondary N) is 2. The standard InChI is InChI=1S/C31H35ClN4O2/c1-22(33-20-29(37)24-9-5-10-26(32)18-24)17-25-19-34-30-27(25)11-6-12-28(30)31(38)36-15-13-35(14-16-36)21-23-7-3-2-4-8-23/h2-12,18-19,22,29,33-34,37H,13-17,20-21H2,1H3/t22-,29+/m1/s1. The normalized spacial score (nSPS) is 16.0. The first kappa shape index (κ1) is 26.4. The number of aromatic amines is 1. The van der Waals surface area contributed by atoms with Crippen molar-refractivity contribution in [3.05, 3.63) is 106 Å². The Morgan fingerprint density at radius 3 is 2.55 bits per heavy atom. The van der Waals surface area contributed by atoms with Crippen LogP contribution in [0.3, 0.4) is 0 Å². The van der Waals surface area contributed by atoms with E-state index in [1.807, 2.05) is 41.4 Å². The minimum atomic E-state index is -0.628. The Hall–Kier alpha value is -3.16. The summed E-state index contributed by atoms with van der Waals surface area (Å²) in [6.45, 7) is 6.66. The number of rotatable bonds is 9. The van der Waals surface area contributed by atoms with Gasteiger partial charge in [0.1, 0.15) is 0 Å². The van der Waals surface area contributed by atoms with Gasteiger partial charge in [-0.2, -0.15) is 0 Å². The molecule has 3 aromatic carbocycles. The summed E-state index contributed by atoms with van der Waals surface area (Å²) in [6, 6.07) is 23.9. The lowest BCUT2D eigenvalue weighted by atomic mass is 10.0.